The topological polar surface area (TPSA) is 74.3 Å². The van der Waals surface area contributed by atoms with Crippen LogP contribution >= 0.6 is 10.7 Å². The second-order valence-electron chi connectivity index (χ2n) is 1.44. The van der Waals surface area contributed by atoms with Crippen LogP contribution in [0.3, 0.4) is 0 Å². The van der Waals surface area contributed by atoms with E-state index < -0.39 is 20.3 Å². The fourth-order valence-corrected chi connectivity index (χ4v) is 0.563. The highest BCUT2D eigenvalue weighted by Crippen LogP contribution is 2.04. The van der Waals surface area contributed by atoms with E-state index >= 15 is 0 Å². The quantitative estimate of drug-likeness (QED) is 0.484. The van der Waals surface area contributed by atoms with Crippen molar-refractivity contribution in [2.75, 3.05) is 0 Å². The lowest BCUT2D eigenvalue weighted by molar-refractivity contribution is -0.304. The molecule has 0 bridgehead atoms. The second-order valence-corrected chi connectivity index (χ2v) is 4.39. The van der Waals surface area contributed by atoms with Gasteiger partial charge in [0.15, 0.2) is 0 Å². The van der Waals surface area contributed by atoms with Gasteiger partial charge in [0.05, 0.1) is 5.97 Å². The fourth-order valence-electron chi connectivity index (χ4n) is 0.115. The Bertz CT molecular complexity index is 206. The molecule has 0 saturated carbocycles. The highest BCUT2D eigenvalue weighted by molar-refractivity contribution is 8.14. The Morgan fingerprint density at radius 2 is 2.00 bits per heavy atom. The summed E-state index contributed by atoms with van der Waals surface area (Å²) in [7, 11) is 0.638. The molecule has 1 atom stereocenters. The molecule has 0 fully saturated rings. The zero-order valence-electron chi connectivity index (χ0n) is 4.50. The van der Waals surface area contributed by atoms with E-state index in [9.17, 15) is 18.3 Å². The van der Waals surface area contributed by atoms with E-state index in [2.05, 4.69) is 10.7 Å². The molecule has 0 saturated heterocycles. The molecule has 0 amide bonds. The molecule has 0 aliphatic carbocycles. The molecule has 0 aromatic rings. The van der Waals surface area contributed by atoms with Crippen LogP contribution in [0.25, 0.3) is 0 Å². The second kappa shape index (κ2) is 2.53. The number of carbonyl (C=O) groups excluding carboxylic acids is 1. The van der Waals surface area contributed by atoms with Crippen molar-refractivity contribution in [3.63, 3.8) is 0 Å². The van der Waals surface area contributed by atoms with Gasteiger partial charge in [-0.25, -0.2) is 8.42 Å². The number of carbonyl (C=O) groups is 1. The lowest BCUT2D eigenvalue weighted by Crippen LogP contribution is -2.36. The summed E-state index contributed by atoms with van der Waals surface area (Å²) in [5, 5.41) is 8.13. The maximum absolute atomic E-state index is 10.1. The third-order valence-corrected chi connectivity index (χ3v) is 2.59. The molecule has 0 rings (SSSR count). The van der Waals surface area contributed by atoms with E-state index in [1.54, 1.807) is 0 Å². The first-order valence-electron chi connectivity index (χ1n) is 2.00. The van der Waals surface area contributed by atoms with Crippen LogP contribution in [0.15, 0.2) is 0 Å². The zero-order chi connectivity index (χ0) is 7.65. The Balaban J connectivity index is 4.43. The summed E-state index contributed by atoms with van der Waals surface area (Å²) in [5.74, 6) is -1.69. The van der Waals surface area contributed by atoms with Gasteiger partial charge < -0.3 is 9.90 Å². The van der Waals surface area contributed by atoms with E-state index in [-0.39, 0.29) is 0 Å². The van der Waals surface area contributed by atoms with Gasteiger partial charge in [-0.1, -0.05) is 0 Å². The Morgan fingerprint density at radius 1 is 1.67 bits per heavy atom. The molecule has 0 aromatic carbocycles. The average Bonchev–Trinajstić information content (AvgIpc) is 1.62. The highest BCUT2D eigenvalue weighted by Gasteiger charge is 2.17. The average molecular weight is 172 g/mol. The number of hydrogen-bond donors (Lipinski definition) is 0. The Hall–Kier alpha value is -0.290. The molecule has 4 nitrogen and oxygen atoms in total. The van der Waals surface area contributed by atoms with Gasteiger partial charge in [0.25, 0.3) is 0 Å². The van der Waals surface area contributed by atoms with Gasteiger partial charge in [0.1, 0.15) is 5.25 Å². The van der Waals surface area contributed by atoms with Crippen LogP contribution in [0, 0.1) is 0 Å². The van der Waals surface area contributed by atoms with Crippen LogP contribution in [0.5, 0.6) is 0 Å². The normalized spacial score (nSPS) is 14.9. The van der Waals surface area contributed by atoms with Gasteiger partial charge in [0.2, 0.25) is 9.05 Å². The van der Waals surface area contributed by atoms with Crippen molar-refractivity contribution in [1.29, 1.82) is 0 Å². The van der Waals surface area contributed by atoms with Crippen LogP contribution in [0.4, 0.5) is 0 Å². The van der Waals surface area contributed by atoms with Crippen molar-refractivity contribution in [3.05, 3.63) is 0 Å². The van der Waals surface area contributed by atoms with E-state index in [1.807, 2.05) is 0 Å². The van der Waals surface area contributed by atoms with Gasteiger partial charge >= 0.3 is 0 Å². The zero-order valence-corrected chi connectivity index (χ0v) is 6.07. The molecule has 0 radical (unpaired) electrons. The Morgan fingerprint density at radius 3 is 2.00 bits per heavy atom. The lowest BCUT2D eigenvalue weighted by Gasteiger charge is -2.06. The summed E-state index contributed by atoms with van der Waals surface area (Å²) in [6.45, 7) is 0.942. The van der Waals surface area contributed by atoms with Crippen LogP contribution in [-0.4, -0.2) is 19.6 Å². The molecule has 0 aliphatic heterocycles. The fraction of sp³-hybridized carbons (Fsp3) is 0.667. The standard InChI is InChI=1S/C3H5ClO4S/c1-2(3(5)6)9(4,7)8/h2H,1H3,(H,5,6)/p-1. The van der Waals surface area contributed by atoms with Crippen molar-refractivity contribution in [2.24, 2.45) is 0 Å². The Kier molecular flexibility index (Phi) is 2.45. The molecular weight excluding hydrogens is 168 g/mol. The van der Waals surface area contributed by atoms with Gasteiger partial charge in [-0.15, -0.1) is 0 Å². The number of halogens is 1. The molecular formula is C3H4ClO4S-. The minimum Gasteiger partial charge on any atom is -0.549 e. The van der Waals surface area contributed by atoms with E-state index in [0.717, 1.165) is 6.92 Å². The van der Waals surface area contributed by atoms with Crippen LogP contribution < -0.4 is 5.11 Å². The third kappa shape index (κ3) is 2.67. The van der Waals surface area contributed by atoms with Gasteiger partial charge in [-0.2, -0.15) is 0 Å². The first-order chi connectivity index (χ1) is 3.85. The molecule has 0 N–H and O–H groups in total. The summed E-state index contributed by atoms with van der Waals surface area (Å²) in [6.07, 6.45) is 0. The van der Waals surface area contributed by atoms with Crippen LogP contribution in [0.2, 0.25) is 0 Å². The summed E-state index contributed by atoms with van der Waals surface area (Å²) >= 11 is 0. The number of carboxylic acids is 1. The van der Waals surface area contributed by atoms with Gasteiger partial charge in [0, 0.05) is 10.7 Å². The largest absolute Gasteiger partial charge is 0.549 e. The molecule has 0 aliphatic rings. The number of hydrogen-bond acceptors (Lipinski definition) is 4. The van der Waals surface area contributed by atoms with Crippen molar-refractivity contribution in [2.45, 2.75) is 12.2 Å². The minimum atomic E-state index is -3.99. The predicted octanol–water partition coefficient (Wildman–Crippen LogP) is -1.31. The maximum atomic E-state index is 10.1. The van der Waals surface area contributed by atoms with Crippen LogP contribution in [0.1, 0.15) is 6.92 Å². The summed E-state index contributed by atoms with van der Waals surface area (Å²) in [6, 6.07) is 0. The van der Waals surface area contributed by atoms with Crippen molar-refractivity contribution < 1.29 is 18.3 Å². The van der Waals surface area contributed by atoms with Crippen LogP contribution in [-0.2, 0) is 13.8 Å². The first kappa shape index (κ1) is 8.71. The molecule has 0 heterocycles. The van der Waals surface area contributed by atoms with Crippen molar-refractivity contribution in [1.82, 2.24) is 0 Å². The predicted molar refractivity (Wildman–Crippen MR) is 29.2 cm³/mol. The third-order valence-electron chi connectivity index (χ3n) is 0.754. The number of aliphatic carboxylic acids is 1. The van der Waals surface area contributed by atoms with Crippen molar-refractivity contribution in [3.8, 4) is 0 Å². The molecule has 6 heteroatoms. The number of carboxylic acid groups (broad SMARTS) is 1. The number of rotatable bonds is 2. The lowest BCUT2D eigenvalue weighted by atomic mass is 10.5. The van der Waals surface area contributed by atoms with Gasteiger partial charge in [-0.05, 0) is 6.92 Å². The molecule has 54 valence electrons. The van der Waals surface area contributed by atoms with Gasteiger partial charge in [-0.3, -0.25) is 0 Å². The minimum absolute atomic E-state index is 0.942. The Labute approximate surface area is 56.9 Å². The van der Waals surface area contributed by atoms with Crippen molar-refractivity contribution >= 4 is 25.7 Å². The monoisotopic (exact) mass is 171 g/mol. The van der Waals surface area contributed by atoms with E-state index in [0.29, 0.717) is 0 Å². The summed E-state index contributed by atoms with van der Waals surface area (Å²) in [4.78, 5) is 9.77. The van der Waals surface area contributed by atoms with E-state index in [1.165, 1.54) is 0 Å². The van der Waals surface area contributed by atoms with E-state index in [4.69, 9.17) is 0 Å². The first-order valence-corrected chi connectivity index (χ1v) is 4.37. The molecule has 0 spiro atoms. The smallest absolute Gasteiger partial charge is 0.240 e. The maximum Gasteiger partial charge on any atom is 0.240 e. The summed E-state index contributed by atoms with van der Waals surface area (Å²) < 4.78 is 20.2. The highest BCUT2D eigenvalue weighted by atomic mass is 35.7. The summed E-state index contributed by atoms with van der Waals surface area (Å²) in [5.41, 5.74) is 0. The molecule has 9 heavy (non-hydrogen) atoms. The SMILES string of the molecule is CC(C(=O)[O-])S(=O)(=O)Cl. The molecule has 0 aromatic heterocycles. The molecule has 1 unspecified atom stereocenters.